The van der Waals surface area contributed by atoms with E-state index in [1.165, 1.54) is 0 Å². The van der Waals surface area contributed by atoms with Crippen molar-refractivity contribution in [2.24, 2.45) is 0 Å². The molecule has 1 aliphatic rings. The van der Waals surface area contributed by atoms with Gasteiger partial charge >= 0.3 is 5.97 Å². The van der Waals surface area contributed by atoms with E-state index in [-0.39, 0.29) is 36.9 Å². The highest BCUT2D eigenvalue weighted by Crippen LogP contribution is 2.33. The number of rotatable bonds is 6. The lowest BCUT2D eigenvalue weighted by atomic mass is 10.1. The highest BCUT2D eigenvalue weighted by molar-refractivity contribution is 7.91. The Morgan fingerprint density at radius 1 is 1.08 bits per heavy atom. The summed E-state index contributed by atoms with van der Waals surface area (Å²) in [7, 11) is -3.09. The van der Waals surface area contributed by atoms with Gasteiger partial charge in [-0.2, -0.15) is 0 Å². The minimum atomic E-state index is -3.09. The molecule has 0 radical (unpaired) electrons. The summed E-state index contributed by atoms with van der Waals surface area (Å²) >= 11 is 12.6. The van der Waals surface area contributed by atoms with Crippen LogP contribution in [0.5, 0.6) is 0 Å². The average Bonchev–Trinajstić information content (AvgIpc) is 3.17. The number of sulfone groups is 1. The number of esters is 1. The molecular formula is C24H24Cl2N4O5S. The molecular weight excluding hydrogens is 527 g/mol. The molecule has 2 aromatic carbocycles. The van der Waals surface area contributed by atoms with Crippen LogP contribution in [0.15, 0.2) is 42.5 Å². The van der Waals surface area contributed by atoms with Gasteiger partial charge in [-0.05, 0) is 56.3 Å². The summed E-state index contributed by atoms with van der Waals surface area (Å²) in [4.78, 5) is 29.9. The Kier molecular flexibility index (Phi) is 7.70. The molecule has 0 aliphatic carbocycles. The van der Waals surface area contributed by atoms with Crippen molar-refractivity contribution >= 4 is 44.9 Å². The molecule has 0 spiro atoms. The van der Waals surface area contributed by atoms with Gasteiger partial charge in [0.15, 0.2) is 15.5 Å². The number of halogens is 2. The summed E-state index contributed by atoms with van der Waals surface area (Å²) in [5.41, 5.74) is 5.04. The largest absolute Gasteiger partial charge is 0.462 e. The Bertz CT molecular complexity index is 1410. The number of hydrazine groups is 1. The first kappa shape index (κ1) is 26.2. The monoisotopic (exact) mass is 550 g/mol. The van der Waals surface area contributed by atoms with Crippen molar-refractivity contribution in [1.82, 2.24) is 20.0 Å². The van der Waals surface area contributed by atoms with E-state index in [1.54, 1.807) is 65.9 Å². The Balaban J connectivity index is 1.74. The Morgan fingerprint density at radius 3 is 2.36 bits per heavy atom. The van der Waals surface area contributed by atoms with E-state index in [2.05, 4.69) is 10.4 Å². The Morgan fingerprint density at radius 2 is 1.75 bits per heavy atom. The van der Waals surface area contributed by atoms with Gasteiger partial charge in [0.2, 0.25) is 0 Å². The Hall–Kier alpha value is -2.92. The van der Waals surface area contributed by atoms with Crippen LogP contribution in [0, 0.1) is 6.92 Å². The zero-order valence-corrected chi connectivity index (χ0v) is 22.0. The van der Waals surface area contributed by atoms with Gasteiger partial charge < -0.3 is 4.74 Å². The summed E-state index contributed by atoms with van der Waals surface area (Å²) in [6.07, 6.45) is 0. The molecule has 4 rings (SSSR count). The molecule has 3 aromatic rings. The van der Waals surface area contributed by atoms with Gasteiger partial charge in [-0.25, -0.2) is 23.2 Å². The SMILES string of the molecule is CCOC(=O)c1ccc(-n2c(-c3ccc(Cl)cc3Cl)nc(C(=O)NN3CCS(=O)(=O)CC3)c2C)cc1. The minimum Gasteiger partial charge on any atom is -0.462 e. The first-order valence-electron chi connectivity index (χ1n) is 11.2. The predicted molar refractivity (Wildman–Crippen MR) is 137 cm³/mol. The molecule has 1 N–H and O–H groups in total. The number of aromatic nitrogens is 2. The number of hydrogen-bond acceptors (Lipinski definition) is 7. The van der Waals surface area contributed by atoms with Gasteiger partial charge in [0, 0.05) is 29.4 Å². The molecule has 1 fully saturated rings. The average molecular weight is 551 g/mol. The standard InChI is InChI=1S/C24H24Cl2N4O5S/c1-3-35-24(32)16-4-7-18(8-5-16)30-15(2)21(23(31)28-29-10-12-36(33,34)13-11-29)27-22(30)19-9-6-17(25)14-20(19)26/h4-9,14H,3,10-13H2,1-2H3,(H,28,31). The lowest BCUT2D eigenvalue weighted by molar-refractivity contribution is 0.0526. The van der Waals surface area contributed by atoms with Crippen LogP contribution in [-0.2, 0) is 14.6 Å². The first-order valence-corrected chi connectivity index (χ1v) is 13.8. The van der Waals surface area contributed by atoms with Crippen LogP contribution in [0.2, 0.25) is 10.0 Å². The van der Waals surface area contributed by atoms with Crippen molar-refractivity contribution in [3.05, 3.63) is 69.5 Å². The first-order chi connectivity index (χ1) is 17.1. The van der Waals surface area contributed by atoms with E-state index in [1.807, 2.05) is 0 Å². The van der Waals surface area contributed by atoms with Crippen LogP contribution in [0.25, 0.3) is 17.1 Å². The fourth-order valence-electron chi connectivity index (χ4n) is 3.87. The molecule has 190 valence electrons. The fourth-order valence-corrected chi connectivity index (χ4v) is 5.56. The van der Waals surface area contributed by atoms with Crippen LogP contribution in [0.3, 0.4) is 0 Å². The minimum absolute atomic E-state index is 0.0286. The van der Waals surface area contributed by atoms with E-state index in [0.29, 0.717) is 38.4 Å². The van der Waals surface area contributed by atoms with E-state index in [0.717, 1.165) is 0 Å². The molecule has 9 nitrogen and oxygen atoms in total. The lowest BCUT2D eigenvalue weighted by Gasteiger charge is -2.26. The maximum Gasteiger partial charge on any atom is 0.338 e. The molecule has 0 bridgehead atoms. The van der Waals surface area contributed by atoms with Gasteiger partial charge in [-0.15, -0.1) is 0 Å². The third-order valence-electron chi connectivity index (χ3n) is 5.74. The lowest BCUT2D eigenvalue weighted by Crippen LogP contribution is -2.50. The number of benzene rings is 2. The quantitative estimate of drug-likeness (QED) is 0.465. The van der Waals surface area contributed by atoms with Gasteiger partial charge in [0.1, 0.15) is 5.82 Å². The van der Waals surface area contributed by atoms with Crippen LogP contribution in [0.1, 0.15) is 33.5 Å². The highest BCUT2D eigenvalue weighted by atomic mass is 35.5. The van der Waals surface area contributed by atoms with Crippen LogP contribution in [0.4, 0.5) is 0 Å². The third kappa shape index (κ3) is 5.57. The maximum atomic E-state index is 13.2. The van der Waals surface area contributed by atoms with Gasteiger partial charge in [-0.1, -0.05) is 23.2 Å². The van der Waals surface area contributed by atoms with Gasteiger partial charge in [-0.3, -0.25) is 14.8 Å². The second-order valence-electron chi connectivity index (χ2n) is 8.18. The number of hydrogen-bond donors (Lipinski definition) is 1. The van der Waals surface area contributed by atoms with Gasteiger partial charge in [0.25, 0.3) is 5.91 Å². The van der Waals surface area contributed by atoms with Crippen molar-refractivity contribution in [1.29, 1.82) is 0 Å². The smallest absolute Gasteiger partial charge is 0.338 e. The zero-order valence-electron chi connectivity index (χ0n) is 19.6. The highest BCUT2D eigenvalue weighted by Gasteiger charge is 2.27. The number of ether oxygens (including phenoxy) is 1. The molecule has 1 aliphatic heterocycles. The van der Waals surface area contributed by atoms with Crippen LogP contribution >= 0.6 is 23.2 Å². The fraction of sp³-hybridized carbons (Fsp3) is 0.292. The molecule has 0 saturated carbocycles. The number of nitrogens with zero attached hydrogens (tertiary/aromatic N) is 3. The third-order valence-corrected chi connectivity index (χ3v) is 7.89. The van der Waals surface area contributed by atoms with E-state index >= 15 is 0 Å². The molecule has 0 atom stereocenters. The van der Waals surface area contributed by atoms with E-state index in [9.17, 15) is 18.0 Å². The number of imidazole rings is 1. The molecule has 2 heterocycles. The normalized spacial score (nSPS) is 15.4. The van der Waals surface area contributed by atoms with Crippen molar-refractivity contribution in [2.45, 2.75) is 13.8 Å². The van der Waals surface area contributed by atoms with Crippen molar-refractivity contribution in [3.63, 3.8) is 0 Å². The maximum absolute atomic E-state index is 13.2. The van der Waals surface area contributed by atoms with E-state index in [4.69, 9.17) is 27.9 Å². The van der Waals surface area contributed by atoms with E-state index < -0.39 is 21.7 Å². The van der Waals surface area contributed by atoms with Crippen molar-refractivity contribution < 1.29 is 22.7 Å². The summed E-state index contributed by atoms with van der Waals surface area (Å²) in [6.45, 7) is 4.13. The molecule has 12 heteroatoms. The Labute approximate surface area is 218 Å². The second kappa shape index (κ2) is 10.6. The molecule has 36 heavy (non-hydrogen) atoms. The molecule has 0 unspecified atom stereocenters. The number of carbonyl (C=O) groups excluding carboxylic acids is 2. The summed E-state index contributed by atoms with van der Waals surface area (Å²) < 4.78 is 30.3. The zero-order chi connectivity index (χ0) is 26.0. The molecule has 1 saturated heterocycles. The second-order valence-corrected chi connectivity index (χ2v) is 11.3. The summed E-state index contributed by atoms with van der Waals surface area (Å²) in [6, 6.07) is 11.7. The number of carbonyl (C=O) groups is 2. The topological polar surface area (TPSA) is 111 Å². The number of amides is 1. The van der Waals surface area contributed by atoms with Crippen LogP contribution < -0.4 is 5.43 Å². The van der Waals surface area contributed by atoms with Crippen LogP contribution in [-0.4, -0.2) is 66.1 Å². The summed E-state index contributed by atoms with van der Waals surface area (Å²) in [5.74, 6) is -0.557. The molecule has 1 amide bonds. The number of nitrogens with one attached hydrogen (secondary N) is 1. The summed E-state index contributed by atoms with van der Waals surface area (Å²) in [5, 5.41) is 2.38. The van der Waals surface area contributed by atoms with Crippen molar-refractivity contribution in [2.75, 3.05) is 31.2 Å². The predicted octanol–water partition coefficient (Wildman–Crippen LogP) is 3.71. The van der Waals surface area contributed by atoms with Gasteiger partial charge in [0.05, 0.1) is 34.4 Å². The molecule has 1 aromatic heterocycles. The van der Waals surface area contributed by atoms with Crippen molar-refractivity contribution in [3.8, 4) is 17.1 Å².